The molecule has 0 aliphatic carbocycles. The number of nitriles is 2. The number of rotatable bonds is 4. The smallest absolute Gasteiger partial charge is 0.101 e. The average Bonchev–Trinajstić information content (AvgIpc) is 3.20. The maximum atomic E-state index is 9.43. The quantitative estimate of drug-likeness (QED) is 0.861. The van der Waals surface area contributed by atoms with Gasteiger partial charge in [0.2, 0.25) is 0 Å². The molecule has 0 unspecified atom stereocenters. The Morgan fingerprint density at radius 3 is 2.50 bits per heavy atom. The summed E-state index contributed by atoms with van der Waals surface area (Å²) in [5.74, 6) is 0.550. The molecular formula is C18H19N5O. The van der Waals surface area contributed by atoms with Gasteiger partial charge in [-0.1, -0.05) is 6.07 Å². The summed E-state index contributed by atoms with van der Waals surface area (Å²) in [6, 6.07) is 9.70. The minimum Gasteiger partial charge on any atom is -0.384 e. The van der Waals surface area contributed by atoms with E-state index in [-0.39, 0.29) is 11.8 Å². The van der Waals surface area contributed by atoms with Crippen LogP contribution < -0.4 is 4.90 Å². The molecule has 0 spiro atoms. The van der Waals surface area contributed by atoms with Crippen LogP contribution in [0.2, 0.25) is 0 Å². The van der Waals surface area contributed by atoms with Crippen molar-refractivity contribution in [3.63, 3.8) is 0 Å². The molecule has 2 atom stereocenters. The monoisotopic (exact) mass is 321 g/mol. The number of nitrogens with zero attached hydrogens (tertiary/aromatic N) is 5. The predicted molar refractivity (Wildman–Crippen MR) is 89.4 cm³/mol. The lowest BCUT2D eigenvalue weighted by Crippen LogP contribution is -2.22. The SMILES string of the molecule is COC[C@@H]1CN(c2c(C#N)cccc2C#N)C[C@H]1c1cnn(C)c1. The van der Waals surface area contributed by atoms with Gasteiger partial charge in [0.1, 0.15) is 12.1 Å². The Balaban J connectivity index is 1.97. The number of hydrogen-bond acceptors (Lipinski definition) is 5. The zero-order valence-corrected chi connectivity index (χ0v) is 13.8. The second-order valence-electron chi connectivity index (χ2n) is 6.10. The van der Waals surface area contributed by atoms with Crippen LogP contribution in [0.4, 0.5) is 5.69 Å². The molecule has 1 saturated heterocycles. The van der Waals surface area contributed by atoms with Crippen molar-refractivity contribution in [3.8, 4) is 12.1 Å². The molecule has 6 nitrogen and oxygen atoms in total. The van der Waals surface area contributed by atoms with Gasteiger partial charge in [0, 0.05) is 45.3 Å². The number of ether oxygens (including phenoxy) is 1. The van der Waals surface area contributed by atoms with E-state index in [4.69, 9.17) is 4.74 Å². The normalized spacial score (nSPS) is 19.9. The van der Waals surface area contributed by atoms with Crippen LogP contribution in [-0.4, -0.2) is 36.6 Å². The van der Waals surface area contributed by atoms with E-state index in [2.05, 4.69) is 22.1 Å². The van der Waals surface area contributed by atoms with Crippen LogP contribution in [0.15, 0.2) is 30.6 Å². The third-order valence-electron chi connectivity index (χ3n) is 4.57. The summed E-state index contributed by atoms with van der Waals surface area (Å²) >= 11 is 0. The van der Waals surface area contributed by atoms with Gasteiger partial charge in [0.15, 0.2) is 0 Å². The third-order valence-corrected chi connectivity index (χ3v) is 4.57. The van der Waals surface area contributed by atoms with E-state index >= 15 is 0 Å². The molecular weight excluding hydrogens is 302 g/mol. The van der Waals surface area contributed by atoms with Crippen molar-refractivity contribution in [2.45, 2.75) is 5.92 Å². The van der Waals surface area contributed by atoms with Gasteiger partial charge in [-0.2, -0.15) is 15.6 Å². The van der Waals surface area contributed by atoms with Gasteiger partial charge in [0.25, 0.3) is 0 Å². The van der Waals surface area contributed by atoms with E-state index in [1.54, 1.807) is 30.0 Å². The standard InChI is InChI=1S/C18H19N5O/c1-22-9-15(8-21-22)17-11-23(10-16(17)12-24-2)18-13(6-19)4-3-5-14(18)7-20/h3-5,8-9,16-17H,10-12H2,1-2H3/t16-,17-/m0/s1. The number of methoxy groups -OCH3 is 1. The Hall–Kier alpha value is -2.83. The first-order valence-corrected chi connectivity index (χ1v) is 7.83. The van der Waals surface area contributed by atoms with E-state index in [9.17, 15) is 10.5 Å². The third kappa shape index (κ3) is 2.84. The first-order valence-electron chi connectivity index (χ1n) is 7.83. The Bertz CT molecular complexity index is 781. The lowest BCUT2D eigenvalue weighted by molar-refractivity contribution is 0.153. The molecule has 0 N–H and O–H groups in total. The van der Waals surface area contributed by atoms with E-state index in [1.165, 1.54) is 0 Å². The fourth-order valence-electron chi connectivity index (χ4n) is 3.51. The molecule has 2 heterocycles. The zero-order chi connectivity index (χ0) is 17.1. The summed E-state index contributed by atoms with van der Waals surface area (Å²) in [6.45, 7) is 2.13. The van der Waals surface area contributed by atoms with E-state index < -0.39 is 0 Å². The highest BCUT2D eigenvalue weighted by Crippen LogP contribution is 2.37. The van der Waals surface area contributed by atoms with Gasteiger partial charge >= 0.3 is 0 Å². The molecule has 0 saturated carbocycles. The molecule has 2 aromatic rings. The Morgan fingerprint density at radius 2 is 1.96 bits per heavy atom. The summed E-state index contributed by atoms with van der Waals surface area (Å²) in [5.41, 5.74) is 2.97. The molecule has 0 amide bonds. The number of hydrogen-bond donors (Lipinski definition) is 0. The molecule has 1 fully saturated rings. The van der Waals surface area contributed by atoms with Gasteiger partial charge in [0.05, 0.1) is 29.6 Å². The number of benzene rings is 1. The van der Waals surface area contributed by atoms with Crippen molar-refractivity contribution in [2.24, 2.45) is 13.0 Å². The average molecular weight is 321 g/mol. The lowest BCUT2D eigenvalue weighted by Gasteiger charge is -2.21. The maximum absolute atomic E-state index is 9.43. The molecule has 1 aliphatic rings. The zero-order valence-electron chi connectivity index (χ0n) is 13.8. The fourth-order valence-corrected chi connectivity index (χ4v) is 3.51. The first-order chi connectivity index (χ1) is 11.7. The molecule has 1 aromatic heterocycles. The van der Waals surface area contributed by atoms with Crippen LogP contribution in [0.1, 0.15) is 22.6 Å². The minimum atomic E-state index is 0.261. The van der Waals surface area contributed by atoms with Crippen LogP contribution in [-0.2, 0) is 11.8 Å². The van der Waals surface area contributed by atoms with Crippen molar-refractivity contribution in [1.29, 1.82) is 10.5 Å². The van der Waals surface area contributed by atoms with E-state index in [0.29, 0.717) is 17.7 Å². The van der Waals surface area contributed by atoms with Crippen molar-refractivity contribution >= 4 is 5.69 Å². The van der Waals surface area contributed by atoms with Crippen molar-refractivity contribution in [3.05, 3.63) is 47.3 Å². The molecule has 3 rings (SSSR count). The van der Waals surface area contributed by atoms with Crippen molar-refractivity contribution < 1.29 is 4.74 Å². The largest absolute Gasteiger partial charge is 0.384 e. The van der Waals surface area contributed by atoms with Crippen LogP contribution in [0, 0.1) is 28.6 Å². The summed E-state index contributed by atoms with van der Waals surface area (Å²) in [5, 5.41) is 23.1. The molecule has 0 bridgehead atoms. The number of aromatic nitrogens is 2. The molecule has 122 valence electrons. The molecule has 1 aliphatic heterocycles. The summed E-state index contributed by atoms with van der Waals surface area (Å²) in [7, 11) is 3.60. The Morgan fingerprint density at radius 1 is 1.25 bits per heavy atom. The highest BCUT2D eigenvalue weighted by Gasteiger charge is 2.36. The number of para-hydroxylation sites is 1. The van der Waals surface area contributed by atoms with Gasteiger partial charge in [-0.15, -0.1) is 0 Å². The highest BCUT2D eigenvalue weighted by molar-refractivity contribution is 5.69. The molecule has 1 aromatic carbocycles. The Kier molecular flexibility index (Phi) is 4.50. The topological polar surface area (TPSA) is 77.9 Å². The summed E-state index contributed by atoms with van der Waals surface area (Å²) in [6.07, 6.45) is 3.91. The van der Waals surface area contributed by atoms with Crippen LogP contribution in [0.3, 0.4) is 0 Å². The van der Waals surface area contributed by atoms with Crippen LogP contribution >= 0.6 is 0 Å². The van der Waals surface area contributed by atoms with Gasteiger partial charge in [-0.3, -0.25) is 4.68 Å². The molecule has 0 radical (unpaired) electrons. The number of anilines is 1. The van der Waals surface area contributed by atoms with Gasteiger partial charge in [-0.25, -0.2) is 0 Å². The number of aryl methyl sites for hydroxylation is 1. The van der Waals surface area contributed by atoms with Gasteiger partial charge < -0.3 is 9.64 Å². The maximum Gasteiger partial charge on any atom is 0.101 e. The van der Waals surface area contributed by atoms with Crippen molar-refractivity contribution in [2.75, 3.05) is 31.7 Å². The molecule has 6 heteroatoms. The summed E-state index contributed by atoms with van der Waals surface area (Å²) in [4.78, 5) is 2.14. The lowest BCUT2D eigenvalue weighted by atomic mass is 9.92. The van der Waals surface area contributed by atoms with Crippen molar-refractivity contribution in [1.82, 2.24) is 9.78 Å². The first kappa shape index (κ1) is 16.0. The van der Waals surface area contributed by atoms with Gasteiger partial charge in [-0.05, 0) is 17.7 Å². The van der Waals surface area contributed by atoms with E-state index in [1.807, 2.05) is 19.4 Å². The minimum absolute atomic E-state index is 0.261. The summed E-state index contributed by atoms with van der Waals surface area (Å²) < 4.78 is 7.20. The predicted octanol–water partition coefficient (Wildman–Crippen LogP) is 2.03. The fraction of sp³-hybridized carbons (Fsp3) is 0.389. The van der Waals surface area contributed by atoms with Crippen LogP contribution in [0.5, 0.6) is 0 Å². The van der Waals surface area contributed by atoms with Crippen LogP contribution in [0.25, 0.3) is 0 Å². The van der Waals surface area contributed by atoms with E-state index in [0.717, 1.165) is 24.3 Å². The highest BCUT2D eigenvalue weighted by atomic mass is 16.5. The molecule has 24 heavy (non-hydrogen) atoms. The Labute approximate surface area is 141 Å². The second kappa shape index (κ2) is 6.74. The second-order valence-corrected chi connectivity index (χ2v) is 6.10.